The highest BCUT2D eigenvalue weighted by Gasteiger charge is 2.56. The highest BCUT2D eigenvalue weighted by molar-refractivity contribution is 6.23. The number of amides is 5. The number of ether oxygens (including phenoxy) is 1. The van der Waals surface area contributed by atoms with E-state index in [1.54, 1.807) is 54.6 Å². The minimum absolute atomic E-state index is 0.129. The number of nitrogens with one attached hydrogen (secondary N) is 3. The molecule has 12 nitrogen and oxygen atoms in total. The number of nitrogens with two attached hydrogens (primary N) is 1. The molecule has 0 unspecified atom stereocenters. The van der Waals surface area contributed by atoms with Crippen LogP contribution in [0.1, 0.15) is 44.2 Å². The van der Waals surface area contributed by atoms with Gasteiger partial charge in [0.2, 0.25) is 17.7 Å². The number of hydrogen-bond acceptors (Lipinski definition) is 8. The first-order chi connectivity index (χ1) is 25.0. The van der Waals surface area contributed by atoms with Crippen molar-refractivity contribution in [1.29, 1.82) is 0 Å². The fourth-order valence-electron chi connectivity index (χ4n) is 6.47. The van der Waals surface area contributed by atoms with E-state index >= 15 is 0 Å². The Balaban J connectivity index is 1.44. The number of Topliss-reactive ketones (excluding diaryl/α,β-unsaturated/α-hetero) is 1. The summed E-state index contributed by atoms with van der Waals surface area (Å²) in [5, 5.41) is 9.32. The fourth-order valence-corrected chi connectivity index (χ4v) is 6.47. The third-order valence-electron chi connectivity index (χ3n) is 9.25. The Bertz CT molecular complexity index is 1970. The Hall–Kier alpha value is -5.88. The van der Waals surface area contributed by atoms with Crippen LogP contribution in [0.15, 0.2) is 97.1 Å². The summed E-state index contributed by atoms with van der Waals surface area (Å²) in [7, 11) is 1.53. The van der Waals surface area contributed by atoms with E-state index in [2.05, 4.69) is 16.0 Å². The van der Waals surface area contributed by atoms with E-state index in [1.165, 1.54) is 21.0 Å². The molecule has 5 rings (SSSR count). The quantitative estimate of drug-likeness (QED) is 0.162. The summed E-state index contributed by atoms with van der Waals surface area (Å²) >= 11 is 0. The van der Waals surface area contributed by atoms with Crippen LogP contribution in [0, 0.1) is 0 Å². The van der Waals surface area contributed by atoms with Crippen LogP contribution in [0.4, 0.5) is 5.69 Å². The molecule has 1 aliphatic heterocycles. The van der Waals surface area contributed by atoms with E-state index in [1.807, 2.05) is 42.5 Å². The first-order valence-corrected chi connectivity index (χ1v) is 17.2. The maximum absolute atomic E-state index is 14.7. The summed E-state index contributed by atoms with van der Waals surface area (Å²) in [5.74, 6) is -3.88. The van der Waals surface area contributed by atoms with Crippen LogP contribution in [0.5, 0.6) is 5.75 Å². The molecule has 0 aromatic heterocycles. The number of nitrogens with zero attached hydrogens (tertiary/aromatic N) is 1. The van der Waals surface area contributed by atoms with E-state index in [0.717, 1.165) is 10.5 Å². The van der Waals surface area contributed by atoms with Crippen molar-refractivity contribution in [2.24, 2.45) is 5.73 Å². The zero-order valence-corrected chi connectivity index (χ0v) is 29.4. The monoisotopic (exact) mass is 705 g/mol. The maximum atomic E-state index is 14.7. The van der Waals surface area contributed by atoms with Gasteiger partial charge in [0, 0.05) is 35.7 Å². The Morgan fingerprint density at radius 2 is 1.37 bits per heavy atom. The molecule has 1 heterocycles. The Labute approximate surface area is 302 Å². The Morgan fingerprint density at radius 1 is 0.769 bits per heavy atom. The van der Waals surface area contributed by atoms with E-state index in [0.29, 0.717) is 27.8 Å². The van der Waals surface area contributed by atoms with Crippen LogP contribution >= 0.6 is 0 Å². The molecule has 0 aliphatic carbocycles. The predicted molar refractivity (Wildman–Crippen MR) is 196 cm³/mol. The highest BCUT2D eigenvalue weighted by Crippen LogP contribution is 2.35. The lowest BCUT2D eigenvalue weighted by Crippen LogP contribution is -2.68. The van der Waals surface area contributed by atoms with Crippen LogP contribution in [-0.4, -0.2) is 71.0 Å². The molecule has 1 aliphatic rings. The third-order valence-corrected chi connectivity index (χ3v) is 9.25. The molecular formula is C40H43N5O7. The normalized spacial score (nSPS) is 17.7. The molecule has 5 N–H and O–H groups in total. The Morgan fingerprint density at radius 3 is 2.02 bits per heavy atom. The molecule has 270 valence electrons. The summed E-state index contributed by atoms with van der Waals surface area (Å²) < 4.78 is 5.50. The van der Waals surface area contributed by atoms with E-state index in [9.17, 15) is 28.8 Å². The second-order valence-corrected chi connectivity index (χ2v) is 12.9. The summed E-state index contributed by atoms with van der Waals surface area (Å²) in [5.41, 5.74) is 5.53. The number of likely N-dealkylation sites (tertiary alicyclic amines) is 1. The molecule has 0 radical (unpaired) electrons. The number of carbonyl (C=O) groups is 6. The predicted octanol–water partition coefficient (Wildman–Crippen LogP) is 3.46. The number of anilines is 1. The van der Waals surface area contributed by atoms with Gasteiger partial charge in [0.15, 0.2) is 11.3 Å². The highest BCUT2D eigenvalue weighted by atomic mass is 16.5. The van der Waals surface area contributed by atoms with Crippen molar-refractivity contribution in [2.45, 2.75) is 69.6 Å². The molecule has 1 saturated heterocycles. The topological polar surface area (TPSA) is 177 Å². The number of ketones is 1. The largest absolute Gasteiger partial charge is 0.496 e. The van der Waals surface area contributed by atoms with Crippen molar-refractivity contribution in [3.05, 3.63) is 108 Å². The minimum atomic E-state index is -2.30. The van der Waals surface area contributed by atoms with Gasteiger partial charge in [-0.05, 0) is 49.9 Å². The van der Waals surface area contributed by atoms with Gasteiger partial charge >= 0.3 is 0 Å². The van der Waals surface area contributed by atoms with Gasteiger partial charge < -0.3 is 26.4 Å². The van der Waals surface area contributed by atoms with Crippen molar-refractivity contribution in [3.8, 4) is 5.75 Å². The maximum Gasteiger partial charge on any atom is 0.258 e. The molecule has 5 amide bonds. The summed E-state index contributed by atoms with van der Waals surface area (Å²) in [6, 6.07) is 25.0. The minimum Gasteiger partial charge on any atom is -0.496 e. The van der Waals surface area contributed by atoms with E-state index in [-0.39, 0.29) is 32.1 Å². The molecule has 0 bridgehead atoms. The van der Waals surface area contributed by atoms with Gasteiger partial charge in [0.05, 0.1) is 13.2 Å². The SMILES string of the molecule is COc1ccc(NC(=O)[C@@]2(Cc3ccccc3)C(=O)CCCC(=O)N2C(=O)[C@H](C)NC(=O)[C@H](C)NC(=O)[C@@H](N)Cc2ccccc2)c2ccccc12. The van der Waals surface area contributed by atoms with Crippen molar-refractivity contribution in [3.63, 3.8) is 0 Å². The summed E-state index contributed by atoms with van der Waals surface area (Å²) in [6.07, 6.45) is -0.218. The van der Waals surface area contributed by atoms with E-state index in [4.69, 9.17) is 10.5 Å². The van der Waals surface area contributed by atoms with Crippen molar-refractivity contribution in [1.82, 2.24) is 15.5 Å². The zero-order chi connectivity index (χ0) is 37.4. The second-order valence-electron chi connectivity index (χ2n) is 12.9. The first kappa shape index (κ1) is 37.4. The van der Waals surface area contributed by atoms with E-state index < -0.39 is 59.0 Å². The van der Waals surface area contributed by atoms with Crippen LogP contribution in [0.25, 0.3) is 10.8 Å². The molecular weight excluding hydrogens is 662 g/mol. The van der Waals surface area contributed by atoms with Crippen molar-refractivity contribution < 1.29 is 33.5 Å². The fraction of sp³-hybridized carbons (Fsp3) is 0.300. The zero-order valence-electron chi connectivity index (χ0n) is 29.4. The van der Waals surface area contributed by atoms with Crippen molar-refractivity contribution in [2.75, 3.05) is 12.4 Å². The molecule has 4 aromatic carbocycles. The number of benzene rings is 4. The number of methoxy groups -OCH3 is 1. The van der Waals surface area contributed by atoms with Gasteiger partial charge in [-0.2, -0.15) is 0 Å². The van der Waals surface area contributed by atoms with Gasteiger partial charge in [-0.25, -0.2) is 0 Å². The van der Waals surface area contributed by atoms with Crippen LogP contribution in [0.2, 0.25) is 0 Å². The molecule has 12 heteroatoms. The number of fused-ring (bicyclic) bond motifs is 1. The van der Waals surface area contributed by atoms with Crippen LogP contribution in [0.3, 0.4) is 0 Å². The molecule has 1 fully saturated rings. The average Bonchev–Trinajstić information content (AvgIpc) is 3.27. The number of imide groups is 1. The van der Waals surface area contributed by atoms with Gasteiger partial charge in [-0.3, -0.25) is 33.7 Å². The lowest BCUT2D eigenvalue weighted by atomic mass is 9.82. The molecule has 52 heavy (non-hydrogen) atoms. The molecule has 0 saturated carbocycles. The lowest BCUT2D eigenvalue weighted by molar-refractivity contribution is -0.162. The molecule has 4 aromatic rings. The number of rotatable bonds is 12. The first-order valence-electron chi connectivity index (χ1n) is 17.2. The second kappa shape index (κ2) is 16.4. The third kappa shape index (κ3) is 8.02. The van der Waals surface area contributed by atoms with Gasteiger partial charge in [0.1, 0.15) is 17.8 Å². The smallest absolute Gasteiger partial charge is 0.258 e. The van der Waals surface area contributed by atoms with Crippen LogP contribution < -0.4 is 26.4 Å². The van der Waals surface area contributed by atoms with Crippen LogP contribution in [-0.2, 0) is 41.6 Å². The number of hydrogen-bond donors (Lipinski definition) is 4. The molecule has 0 spiro atoms. The Kier molecular flexibility index (Phi) is 11.8. The van der Waals surface area contributed by atoms with Crippen molar-refractivity contribution >= 4 is 51.8 Å². The molecule has 4 atom stereocenters. The van der Waals surface area contributed by atoms with Gasteiger partial charge in [0.25, 0.3) is 11.8 Å². The number of carbonyl (C=O) groups excluding carboxylic acids is 6. The van der Waals surface area contributed by atoms with Gasteiger partial charge in [-0.1, -0.05) is 84.9 Å². The standard InChI is InChI=1S/C40H43N5O7/c1-25(42-37(49)31(41)23-27-13-6-4-7-14-27)36(48)43-26(2)38(50)45-35(47)20-12-19-34(46)40(45,24-28-15-8-5-9-16-28)39(51)44-32-21-22-33(52-3)30-18-11-10-17-29(30)32/h4-11,13-18,21-22,25-26,31H,12,19-20,23-24,41H2,1-3H3,(H,42,49)(H,43,48)(H,44,51)/t25-,26-,31-,40+/m0/s1. The average molecular weight is 706 g/mol. The van der Waals surface area contributed by atoms with Gasteiger partial charge in [-0.15, -0.1) is 0 Å². The summed E-state index contributed by atoms with van der Waals surface area (Å²) in [6.45, 7) is 2.80. The summed E-state index contributed by atoms with van der Waals surface area (Å²) in [4.78, 5) is 84.2. The lowest BCUT2D eigenvalue weighted by Gasteiger charge is -2.40.